The van der Waals surface area contributed by atoms with Gasteiger partial charge in [-0.05, 0) is 31.4 Å². The van der Waals surface area contributed by atoms with Crippen molar-refractivity contribution in [1.29, 1.82) is 0 Å². The van der Waals surface area contributed by atoms with Gasteiger partial charge in [0.2, 0.25) is 11.7 Å². The van der Waals surface area contributed by atoms with E-state index in [2.05, 4.69) is 20.0 Å². The highest BCUT2D eigenvalue weighted by Crippen LogP contribution is 2.33. The van der Waals surface area contributed by atoms with E-state index in [1.54, 1.807) is 15.9 Å². The van der Waals surface area contributed by atoms with Crippen molar-refractivity contribution in [1.82, 2.24) is 14.9 Å². The van der Waals surface area contributed by atoms with E-state index < -0.39 is 29.8 Å². The smallest absolute Gasteiger partial charge is 0.406 e. The van der Waals surface area contributed by atoms with Gasteiger partial charge < -0.3 is 25.4 Å². The Labute approximate surface area is 210 Å². The predicted octanol–water partition coefficient (Wildman–Crippen LogP) is 2.52. The van der Waals surface area contributed by atoms with E-state index in [9.17, 15) is 18.0 Å². The molecule has 4 rings (SSSR count). The van der Waals surface area contributed by atoms with E-state index in [1.807, 2.05) is 0 Å². The van der Waals surface area contributed by atoms with E-state index in [1.165, 1.54) is 18.5 Å². The average Bonchev–Trinajstić information content (AvgIpc) is 2.84. The molecule has 2 atom stereocenters. The molecular weight excluding hydrogens is 503 g/mol. The monoisotopic (exact) mass is 532 g/mol. The van der Waals surface area contributed by atoms with Crippen LogP contribution in [0.2, 0.25) is 0 Å². The molecule has 1 aliphatic carbocycles. The Morgan fingerprint density at radius 1 is 1.27 bits per heavy atom. The zero-order valence-electron chi connectivity index (χ0n) is 20.0. The van der Waals surface area contributed by atoms with Gasteiger partial charge in [-0.3, -0.25) is 9.69 Å². The second-order valence-corrected chi connectivity index (χ2v) is 9.36. The second kappa shape index (κ2) is 11.2. The Hall–Kier alpha value is -3.00. The van der Waals surface area contributed by atoms with Crippen molar-refractivity contribution in [2.24, 2.45) is 11.7 Å². The minimum absolute atomic E-state index is 0.00436. The number of anilines is 2. The molecule has 3 N–H and O–H groups in total. The number of alkyl halides is 4. The molecule has 3 aliphatic rings. The normalized spacial score (nSPS) is 24.5. The number of carbonyl (C=O) groups is 1. The number of nitrogens with one attached hydrogen (secondary N) is 1. The zero-order chi connectivity index (χ0) is 26.6. The number of primary amides is 1. The number of rotatable bonds is 8. The van der Waals surface area contributed by atoms with Gasteiger partial charge >= 0.3 is 6.36 Å². The molecule has 0 bridgehead atoms. The zero-order valence-corrected chi connectivity index (χ0v) is 20.0. The molecule has 0 aromatic carbocycles. The second-order valence-electron chi connectivity index (χ2n) is 9.36. The minimum atomic E-state index is -4.78. The average molecular weight is 533 g/mol. The summed E-state index contributed by atoms with van der Waals surface area (Å²) in [6, 6.07) is -0.395. The summed E-state index contributed by atoms with van der Waals surface area (Å²) in [6.45, 7) is 1.44. The minimum Gasteiger partial charge on any atom is -0.406 e. The Morgan fingerprint density at radius 3 is 2.68 bits per heavy atom. The van der Waals surface area contributed by atoms with Crippen LogP contribution < -0.4 is 16.0 Å². The highest BCUT2D eigenvalue weighted by atomic mass is 19.4. The van der Waals surface area contributed by atoms with Crippen LogP contribution in [0.25, 0.3) is 0 Å². The number of aromatic nitrogens is 2. The number of nitrogens with zero attached hydrogens (tertiary/aromatic N) is 4. The fourth-order valence-corrected chi connectivity index (χ4v) is 4.79. The van der Waals surface area contributed by atoms with Gasteiger partial charge in [0, 0.05) is 25.6 Å². The van der Waals surface area contributed by atoms with Crippen molar-refractivity contribution in [3.05, 3.63) is 36.1 Å². The standard InChI is InChI=1S/C23H29F5N6O3/c24-19-20(30-13-22(25)5-7-33(8-6-22)11-18(29)35)31-14-32-21(19)34-9-10-36-12-17(34)15-1-3-16(4-2-15)37-23(26,27)28/h1,3-4,14-15,17H,2,5-13H2,(H2,29,35)(H,30,31,32)/t15?,17-/m1/s1. The van der Waals surface area contributed by atoms with Crippen molar-refractivity contribution >= 4 is 17.5 Å². The molecule has 1 unspecified atom stereocenters. The van der Waals surface area contributed by atoms with Gasteiger partial charge in [0.15, 0.2) is 11.6 Å². The summed E-state index contributed by atoms with van der Waals surface area (Å²) in [7, 11) is 0. The summed E-state index contributed by atoms with van der Waals surface area (Å²) >= 11 is 0. The Balaban J connectivity index is 1.41. The van der Waals surface area contributed by atoms with Crippen molar-refractivity contribution in [3.63, 3.8) is 0 Å². The number of likely N-dealkylation sites (tertiary alicyclic amines) is 1. The summed E-state index contributed by atoms with van der Waals surface area (Å²) in [6.07, 6.45) is 1.11. The molecule has 1 aromatic heterocycles. The molecule has 3 heterocycles. The van der Waals surface area contributed by atoms with Gasteiger partial charge in [0.1, 0.15) is 17.8 Å². The number of ether oxygens (including phenoxy) is 2. The largest absolute Gasteiger partial charge is 0.573 e. The predicted molar refractivity (Wildman–Crippen MR) is 124 cm³/mol. The third-order valence-electron chi connectivity index (χ3n) is 6.74. The summed E-state index contributed by atoms with van der Waals surface area (Å²) in [5.74, 6) is -1.94. The summed E-state index contributed by atoms with van der Waals surface area (Å²) in [5, 5.41) is 2.76. The van der Waals surface area contributed by atoms with Crippen LogP contribution in [0.1, 0.15) is 19.3 Å². The van der Waals surface area contributed by atoms with Gasteiger partial charge in [-0.1, -0.05) is 6.08 Å². The molecule has 2 saturated heterocycles. The van der Waals surface area contributed by atoms with E-state index in [0.29, 0.717) is 26.2 Å². The van der Waals surface area contributed by atoms with Crippen LogP contribution >= 0.6 is 0 Å². The lowest BCUT2D eigenvalue weighted by molar-refractivity contribution is -0.303. The number of allylic oxidation sites excluding steroid dienone is 2. The molecule has 1 aromatic rings. The molecule has 0 saturated carbocycles. The fourth-order valence-electron chi connectivity index (χ4n) is 4.79. The van der Waals surface area contributed by atoms with Crippen molar-refractivity contribution in [2.45, 2.75) is 37.3 Å². The SMILES string of the molecule is NC(=O)CN1CCC(F)(CNc2ncnc(N3CCOC[C@@H]3C3C=CC(OC(F)(F)F)=CC3)c2F)CC1. The van der Waals surface area contributed by atoms with E-state index in [4.69, 9.17) is 10.5 Å². The summed E-state index contributed by atoms with van der Waals surface area (Å²) < 4.78 is 77.8. The van der Waals surface area contributed by atoms with E-state index in [0.717, 1.165) is 0 Å². The number of morpholine rings is 1. The van der Waals surface area contributed by atoms with E-state index in [-0.39, 0.29) is 62.3 Å². The lowest BCUT2D eigenvalue weighted by Crippen LogP contribution is -2.50. The highest BCUT2D eigenvalue weighted by molar-refractivity contribution is 5.75. The molecule has 1 amide bonds. The fraction of sp³-hybridized carbons (Fsp3) is 0.609. The van der Waals surface area contributed by atoms with Crippen molar-refractivity contribution < 1.29 is 36.2 Å². The topological polar surface area (TPSA) is 106 Å². The maximum absolute atomic E-state index is 15.5. The van der Waals surface area contributed by atoms with Crippen LogP contribution in [0, 0.1) is 11.7 Å². The number of hydrogen-bond donors (Lipinski definition) is 2. The molecule has 9 nitrogen and oxygen atoms in total. The third-order valence-corrected chi connectivity index (χ3v) is 6.74. The molecule has 14 heteroatoms. The number of amides is 1. The number of piperidine rings is 1. The first-order valence-corrected chi connectivity index (χ1v) is 12.0. The maximum atomic E-state index is 15.5. The molecule has 0 spiro atoms. The summed E-state index contributed by atoms with van der Waals surface area (Å²) in [4.78, 5) is 22.6. The van der Waals surface area contributed by atoms with Crippen LogP contribution in [0.15, 0.2) is 30.3 Å². The lowest BCUT2D eigenvalue weighted by atomic mass is 9.90. The maximum Gasteiger partial charge on any atom is 0.573 e. The molecule has 0 radical (unpaired) electrons. The first kappa shape index (κ1) is 27.0. The van der Waals surface area contributed by atoms with Crippen LogP contribution in [0.3, 0.4) is 0 Å². The van der Waals surface area contributed by atoms with Crippen molar-refractivity contribution in [3.8, 4) is 0 Å². The Kier molecular flexibility index (Phi) is 8.17. The van der Waals surface area contributed by atoms with Crippen molar-refractivity contribution in [2.75, 3.05) is 56.2 Å². The van der Waals surface area contributed by atoms with Gasteiger partial charge in [-0.25, -0.2) is 14.4 Å². The van der Waals surface area contributed by atoms with Crippen LogP contribution in [0.4, 0.5) is 33.6 Å². The molecular formula is C23H29F5N6O3. The molecule has 2 fully saturated rings. The van der Waals surface area contributed by atoms with Gasteiger partial charge in [0.25, 0.3) is 0 Å². The van der Waals surface area contributed by atoms with Gasteiger partial charge in [-0.2, -0.15) is 4.39 Å². The molecule has 2 aliphatic heterocycles. The Bertz CT molecular complexity index is 1030. The Morgan fingerprint density at radius 2 is 2.03 bits per heavy atom. The highest BCUT2D eigenvalue weighted by Gasteiger charge is 2.37. The van der Waals surface area contributed by atoms with Crippen LogP contribution in [0.5, 0.6) is 0 Å². The van der Waals surface area contributed by atoms with Gasteiger partial charge in [0.05, 0.1) is 32.3 Å². The lowest BCUT2D eigenvalue weighted by Gasteiger charge is -2.40. The number of carbonyl (C=O) groups excluding carboxylic acids is 1. The first-order valence-electron chi connectivity index (χ1n) is 12.0. The molecule has 204 valence electrons. The van der Waals surface area contributed by atoms with Crippen LogP contribution in [-0.4, -0.2) is 84.8 Å². The third kappa shape index (κ3) is 7.06. The van der Waals surface area contributed by atoms with Crippen LogP contribution in [-0.2, 0) is 14.3 Å². The number of hydrogen-bond acceptors (Lipinski definition) is 8. The van der Waals surface area contributed by atoms with E-state index >= 15 is 8.78 Å². The quantitative estimate of drug-likeness (QED) is 0.493. The number of nitrogens with two attached hydrogens (primary N) is 1. The first-order chi connectivity index (χ1) is 17.5. The molecule has 37 heavy (non-hydrogen) atoms. The summed E-state index contributed by atoms with van der Waals surface area (Å²) in [5.41, 5.74) is 3.59. The van der Waals surface area contributed by atoms with Gasteiger partial charge in [-0.15, -0.1) is 13.2 Å². The number of halogens is 5.